The second-order valence-electron chi connectivity index (χ2n) is 13.7. The minimum atomic E-state index is -0.426. The molecule has 11 rings (SSSR count). The van der Waals surface area contributed by atoms with Crippen LogP contribution in [0.15, 0.2) is 198 Å². The van der Waals surface area contributed by atoms with Crippen molar-refractivity contribution in [1.29, 1.82) is 0 Å². The maximum atomic E-state index is 8.45. The van der Waals surface area contributed by atoms with Crippen LogP contribution in [0, 0.1) is 0 Å². The summed E-state index contributed by atoms with van der Waals surface area (Å²) in [5, 5.41) is 4.34. The van der Waals surface area contributed by atoms with E-state index in [2.05, 4.69) is 89.5 Å². The molecule has 56 heavy (non-hydrogen) atoms. The molecule has 0 amide bonds. The zero-order valence-corrected chi connectivity index (χ0v) is 29.8. The van der Waals surface area contributed by atoms with Crippen molar-refractivity contribution in [3.63, 3.8) is 0 Å². The first-order valence-corrected chi connectivity index (χ1v) is 18.4. The number of nitrogens with zero attached hydrogens (tertiary/aromatic N) is 4. The van der Waals surface area contributed by atoms with Crippen molar-refractivity contribution >= 4 is 43.7 Å². The van der Waals surface area contributed by atoms with Crippen LogP contribution >= 0.6 is 0 Å². The summed E-state index contributed by atoms with van der Waals surface area (Å²) < 4.78 is 50.1. The van der Waals surface area contributed by atoms with E-state index in [-0.39, 0.29) is 29.7 Å². The number of benzene rings is 8. The summed E-state index contributed by atoms with van der Waals surface area (Å²) in [6.45, 7) is 0. The highest BCUT2D eigenvalue weighted by Crippen LogP contribution is 2.38. The third-order valence-corrected chi connectivity index (χ3v) is 10.4. The van der Waals surface area contributed by atoms with E-state index in [1.807, 2.05) is 54.6 Å². The van der Waals surface area contributed by atoms with Gasteiger partial charge in [0.2, 0.25) is 0 Å². The van der Waals surface area contributed by atoms with Crippen molar-refractivity contribution < 1.29 is 11.3 Å². The lowest BCUT2D eigenvalue weighted by Crippen LogP contribution is -2.00. The average molecular weight is 722 g/mol. The molecular weight excluding hydrogens is 685 g/mol. The summed E-state index contributed by atoms with van der Waals surface area (Å²) in [6.07, 6.45) is 0. The molecule has 11 aromatic rings. The lowest BCUT2D eigenvalue weighted by Gasteiger charge is -2.09. The van der Waals surface area contributed by atoms with Gasteiger partial charge in [0.1, 0.15) is 11.2 Å². The number of para-hydroxylation sites is 1. The zero-order valence-electron chi connectivity index (χ0n) is 34.8. The molecular formula is C51H32N4O. The molecule has 8 aromatic carbocycles. The van der Waals surface area contributed by atoms with Crippen LogP contribution in [-0.4, -0.2) is 19.5 Å². The molecule has 0 unspecified atom stereocenters. The van der Waals surface area contributed by atoms with Crippen molar-refractivity contribution in [2.75, 3.05) is 0 Å². The predicted octanol–water partition coefficient (Wildman–Crippen LogP) is 13.2. The number of furan rings is 1. The summed E-state index contributed by atoms with van der Waals surface area (Å²) in [7, 11) is 0. The highest BCUT2D eigenvalue weighted by molar-refractivity contribution is 6.11. The SMILES string of the molecule is [2H]c1c([2H])c([2H])c(-c2ccc(-c3nc(-c4ccccc4)nc(-c4ccc5c(c4)oc4cc(-n6c7ccccc7c7cc(-c8ccccc8)ccc76)ccc45)n3)cc2)c([2H])c1[2H]. The molecule has 0 N–H and O–H groups in total. The molecule has 3 aromatic heterocycles. The van der Waals surface area contributed by atoms with Crippen LogP contribution in [0.25, 0.3) is 106 Å². The molecule has 0 radical (unpaired) electrons. The number of rotatable bonds is 6. The van der Waals surface area contributed by atoms with Gasteiger partial charge in [0.05, 0.1) is 17.9 Å². The Bertz CT molecular complexity index is 3500. The minimum absolute atomic E-state index is 0.137. The molecule has 0 spiro atoms. The van der Waals surface area contributed by atoms with Gasteiger partial charge in [-0.25, -0.2) is 15.0 Å². The van der Waals surface area contributed by atoms with Gasteiger partial charge in [-0.05, 0) is 64.7 Å². The molecule has 0 aliphatic rings. The van der Waals surface area contributed by atoms with Crippen molar-refractivity contribution in [1.82, 2.24) is 19.5 Å². The van der Waals surface area contributed by atoms with Gasteiger partial charge in [-0.2, -0.15) is 0 Å². The fraction of sp³-hybridized carbons (Fsp3) is 0. The van der Waals surface area contributed by atoms with Crippen LogP contribution < -0.4 is 0 Å². The summed E-state index contributed by atoms with van der Waals surface area (Å²) in [4.78, 5) is 14.7. The molecule has 5 heteroatoms. The topological polar surface area (TPSA) is 56.7 Å². The summed E-state index contributed by atoms with van der Waals surface area (Å²) in [6, 6.07) is 53.1. The number of fused-ring (bicyclic) bond motifs is 6. The first-order valence-electron chi connectivity index (χ1n) is 20.9. The Morgan fingerprint density at radius 3 is 1.66 bits per heavy atom. The van der Waals surface area contributed by atoms with Gasteiger partial charge in [0.15, 0.2) is 17.5 Å². The fourth-order valence-electron chi connectivity index (χ4n) is 7.64. The Hall–Kier alpha value is -7.63. The minimum Gasteiger partial charge on any atom is -0.456 e. The van der Waals surface area contributed by atoms with Crippen LogP contribution in [0.4, 0.5) is 0 Å². The largest absolute Gasteiger partial charge is 0.456 e. The quantitative estimate of drug-likeness (QED) is 0.172. The highest BCUT2D eigenvalue weighted by atomic mass is 16.3. The second-order valence-corrected chi connectivity index (χ2v) is 13.7. The van der Waals surface area contributed by atoms with Crippen LogP contribution in [0.2, 0.25) is 0 Å². The van der Waals surface area contributed by atoms with Gasteiger partial charge < -0.3 is 8.98 Å². The first kappa shape index (κ1) is 27.0. The van der Waals surface area contributed by atoms with Crippen LogP contribution in [0.5, 0.6) is 0 Å². The van der Waals surface area contributed by atoms with E-state index < -0.39 is 6.04 Å². The monoisotopic (exact) mass is 721 g/mol. The Morgan fingerprint density at radius 1 is 0.375 bits per heavy atom. The molecule has 3 heterocycles. The number of hydrogen-bond donors (Lipinski definition) is 0. The van der Waals surface area contributed by atoms with Crippen molar-refractivity contribution in [2.45, 2.75) is 0 Å². The van der Waals surface area contributed by atoms with E-state index >= 15 is 0 Å². The number of aromatic nitrogens is 4. The predicted molar refractivity (Wildman–Crippen MR) is 229 cm³/mol. The van der Waals surface area contributed by atoms with Gasteiger partial charge in [-0.3, -0.25) is 0 Å². The van der Waals surface area contributed by atoms with Gasteiger partial charge in [0.25, 0.3) is 0 Å². The smallest absolute Gasteiger partial charge is 0.164 e. The Labute approximate surface area is 329 Å². The average Bonchev–Trinajstić information content (AvgIpc) is 3.85. The summed E-state index contributed by atoms with van der Waals surface area (Å²) in [5.41, 5.74) is 9.91. The van der Waals surface area contributed by atoms with E-state index in [0.29, 0.717) is 34.2 Å². The third kappa shape index (κ3) is 5.45. The molecule has 5 nitrogen and oxygen atoms in total. The van der Waals surface area contributed by atoms with Gasteiger partial charge in [-0.1, -0.05) is 145 Å². The molecule has 0 aliphatic heterocycles. The third-order valence-electron chi connectivity index (χ3n) is 10.4. The number of hydrogen-bond acceptors (Lipinski definition) is 4. The maximum absolute atomic E-state index is 8.45. The molecule has 0 bridgehead atoms. The van der Waals surface area contributed by atoms with E-state index in [0.717, 1.165) is 44.2 Å². The second kappa shape index (κ2) is 13.0. The standard InChI is InChI=1S/C51H32N4O/c1-4-12-33(13-5-1)35-20-22-37(23-21-35)50-52-49(36-16-8-3-9-17-36)53-51(54-50)39-24-27-42-43-28-26-40(32-48(43)56-47(42)31-39)55-45-19-11-10-18-41(45)44-30-38(25-29-46(44)55)34-14-6-2-7-15-34/h1-32H/i1D,4D,5D,12D,13D. The Morgan fingerprint density at radius 2 is 0.911 bits per heavy atom. The van der Waals surface area contributed by atoms with E-state index in [9.17, 15) is 0 Å². The van der Waals surface area contributed by atoms with Gasteiger partial charge in [0, 0.05) is 50.0 Å². The Balaban J connectivity index is 0.998. The van der Waals surface area contributed by atoms with Gasteiger partial charge >= 0.3 is 0 Å². The molecule has 0 aliphatic carbocycles. The maximum Gasteiger partial charge on any atom is 0.164 e. The van der Waals surface area contributed by atoms with Crippen molar-refractivity contribution in [2.24, 2.45) is 0 Å². The molecule has 0 saturated carbocycles. The van der Waals surface area contributed by atoms with Crippen molar-refractivity contribution in [3.05, 3.63) is 194 Å². The fourth-order valence-corrected chi connectivity index (χ4v) is 7.64. The molecule has 262 valence electrons. The van der Waals surface area contributed by atoms with Crippen LogP contribution in [-0.2, 0) is 0 Å². The van der Waals surface area contributed by atoms with Crippen LogP contribution in [0.3, 0.4) is 0 Å². The van der Waals surface area contributed by atoms with E-state index in [1.165, 1.54) is 21.9 Å². The zero-order chi connectivity index (χ0) is 41.4. The van der Waals surface area contributed by atoms with Crippen LogP contribution in [0.1, 0.15) is 6.85 Å². The molecule has 0 saturated heterocycles. The summed E-state index contributed by atoms with van der Waals surface area (Å²) >= 11 is 0. The molecule has 0 atom stereocenters. The summed E-state index contributed by atoms with van der Waals surface area (Å²) in [5.74, 6) is 1.38. The van der Waals surface area contributed by atoms with E-state index in [4.69, 9.17) is 26.2 Å². The molecule has 0 fully saturated rings. The lowest BCUT2D eigenvalue weighted by atomic mass is 10.0. The van der Waals surface area contributed by atoms with Gasteiger partial charge in [-0.15, -0.1) is 0 Å². The van der Waals surface area contributed by atoms with Crippen molar-refractivity contribution in [3.8, 4) is 62.1 Å². The first-order chi connectivity index (χ1) is 29.8. The highest BCUT2D eigenvalue weighted by Gasteiger charge is 2.17. The normalized spacial score (nSPS) is 12.8. The van der Waals surface area contributed by atoms with E-state index in [1.54, 1.807) is 24.3 Å². The lowest BCUT2D eigenvalue weighted by molar-refractivity contribution is 0.668. The Kier molecular flexibility index (Phi) is 6.29.